The van der Waals surface area contributed by atoms with E-state index in [0.29, 0.717) is 36.6 Å². The summed E-state index contributed by atoms with van der Waals surface area (Å²) in [4.78, 5) is 38.2. The average molecular weight is 406 g/mol. The molecule has 1 aromatic carbocycles. The molecule has 0 aliphatic carbocycles. The Kier molecular flexibility index (Phi) is 5.42. The van der Waals surface area contributed by atoms with Gasteiger partial charge in [-0.25, -0.2) is 9.78 Å². The third-order valence-electron chi connectivity index (χ3n) is 5.22. The largest absolute Gasteiger partial charge is 0.343 e. The number of likely N-dealkylation sites (tertiary alicyclic amines) is 1. The molecule has 3 heterocycles. The van der Waals surface area contributed by atoms with Crippen molar-refractivity contribution in [2.75, 3.05) is 13.1 Å². The summed E-state index contributed by atoms with van der Waals surface area (Å²) in [5, 5.41) is 13.6. The summed E-state index contributed by atoms with van der Waals surface area (Å²) in [5.74, 6) is 0.232. The van der Waals surface area contributed by atoms with Gasteiger partial charge in [0.15, 0.2) is 5.82 Å². The normalized spacial score (nSPS) is 14.7. The number of carbonyl (C=O) groups is 2. The van der Waals surface area contributed by atoms with Crippen LogP contribution in [0.5, 0.6) is 0 Å². The number of carbonyl (C=O) groups excluding carboxylic acids is 2. The summed E-state index contributed by atoms with van der Waals surface area (Å²) in [6.07, 6.45) is 2.86. The van der Waals surface area contributed by atoms with Crippen molar-refractivity contribution in [2.45, 2.75) is 25.8 Å². The summed E-state index contributed by atoms with van der Waals surface area (Å²) in [6.45, 7) is 2.88. The molecule has 0 saturated carbocycles. The first kappa shape index (κ1) is 19.6. The summed E-state index contributed by atoms with van der Waals surface area (Å²) < 4.78 is 1.49. The molecule has 3 aromatic rings. The van der Waals surface area contributed by atoms with Gasteiger partial charge in [0.05, 0.1) is 23.5 Å². The molecule has 1 aliphatic rings. The van der Waals surface area contributed by atoms with E-state index in [4.69, 9.17) is 0 Å². The lowest BCUT2D eigenvalue weighted by atomic mass is 10.1. The zero-order valence-corrected chi connectivity index (χ0v) is 16.5. The van der Waals surface area contributed by atoms with Crippen LogP contribution in [0.3, 0.4) is 0 Å². The molecule has 0 bridgehead atoms. The van der Waals surface area contributed by atoms with Gasteiger partial charge in [-0.05, 0) is 25.0 Å². The number of rotatable bonds is 6. The van der Waals surface area contributed by atoms with E-state index in [9.17, 15) is 14.4 Å². The minimum atomic E-state index is -0.338. The first-order valence-electron chi connectivity index (χ1n) is 9.77. The Bertz CT molecular complexity index is 1100. The van der Waals surface area contributed by atoms with Gasteiger partial charge in [-0.3, -0.25) is 14.4 Å². The van der Waals surface area contributed by atoms with Crippen LogP contribution in [0.1, 0.15) is 40.5 Å². The second-order valence-electron chi connectivity index (χ2n) is 7.21. The van der Waals surface area contributed by atoms with Crippen LogP contribution < -0.4 is 10.9 Å². The number of aromatic nitrogens is 4. The Balaban J connectivity index is 1.57. The van der Waals surface area contributed by atoms with Crippen LogP contribution in [0.4, 0.5) is 0 Å². The monoisotopic (exact) mass is 406 g/mol. The van der Waals surface area contributed by atoms with Crippen molar-refractivity contribution in [1.82, 2.24) is 30.2 Å². The molecule has 0 unspecified atom stereocenters. The minimum Gasteiger partial charge on any atom is -0.343 e. The van der Waals surface area contributed by atoms with Crippen LogP contribution in [0.15, 0.2) is 53.5 Å². The molecule has 4 rings (SSSR count). The van der Waals surface area contributed by atoms with Gasteiger partial charge in [-0.1, -0.05) is 30.3 Å². The fourth-order valence-corrected chi connectivity index (χ4v) is 3.59. The third-order valence-corrected chi connectivity index (χ3v) is 5.22. The topological polar surface area (TPSA) is 113 Å². The number of amides is 2. The maximum Gasteiger partial charge on any atom is 0.264 e. The molecule has 2 N–H and O–H groups in total. The van der Waals surface area contributed by atoms with Crippen molar-refractivity contribution in [3.05, 3.63) is 75.8 Å². The Morgan fingerprint density at radius 2 is 2.00 bits per heavy atom. The number of H-pyrrole nitrogens is 1. The number of benzene rings is 1. The minimum absolute atomic E-state index is 0.110. The first-order valence-corrected chi connectivity index (χ1v) is 9.77. The van der Waals surface area contributed by atoms with Crippen LogP contribution >= 0.6 is 0 Å². The third kappa shape index (κ3) is 4.00. The van der Waals surface area contributed by atoms with E-state index in [0.717, 1.165) is 12.0 Å². The van der Waals surface area contributed by atoms with Crippen LogP contribution in [0.25, 0.3) is 5.82 Å². The number of hydrogen-bond acceptors (Lipinski definition) is 5. The highest BCUT2D eigenvalue weighted by Crippen LogP contribution is 2.20. The second-order valence-corrected chi connectivity index (χ2v) is 7.21. The molecule has 9 heteroatoms. The summed E-state index contributed by atoms with van der Waals surface area (Å²) in [6, 6.07) is 12.1. The van der Waals surface area contributed by atoms with E-state index < -0.39 is 0 Å². The number of hydrogen-bond donors (Lipinski definition) is 2. The standard InChI is InChI=1S/C21H22N6O3/c1-14-16(12-22-27(14)18-9-10-19(28)25-24-18)21(30)23-17(15-6-3-2-4-7-15)13-26-11-5-8-20(26)29/h2-4,6-7,9-10,12,17H,5,8,11,13H2,1H3,(H,23,30)(H,25,28)/t17-/m1/s1. The highest BCUT2D eigenvalue weighted by molar-refractivity contribution is 5.95. The summed E-state index contributed by atoms with van der Waals surface area (Å²) >= 11 is 0. The predicted octanol–water partition coefficient (Wildman–Crippen LogP) is 1.36. The smallest absolute Gasteiger partial charge is 0.264 e. The maximum atomic E-state index is 13.1. The van der Waals surface area contributed by atoms with Gasteiger partial charge in [0.25, 0.3) is 11.5 Å². The molecular weight excluding hydrogens is 384 g/mol. The van der Waals surface area contributed by atoms with Crippen LogP contribution in [-0.2, 0) is 4.79 Å². The van der Waals surface area contributed by atoms with Gasteiger partial charge in [0.1, 0.15) is 0 Å². The van der Waals surface area contributed by atoms with Crippen molar-refractivity contribution >= 4 is 11.8 Å². The Morgan fingerprint density at radius 3 is 2.67 bits per heavy atom. The molecule has 1 saturated heterocycles. The van der Waals surface area contributed by atoms with E-state index >= 15 is 0 Å². The van der Waals surface area contributed by atoms with Crippen molar-refractivity contribution in [3.63, 3.8) is 0 Å². The molecule has 0 spiro atoms. The van der Waals surface area contributed by atoms with Gasteiger partial charge in [-0.15, -0.1) is 0 Å². The van der Waals surface area contributed by atoms with E-state index in [-0.39, 0.29) is 23.4 Å². The van der Waals surface area contributed by atoms with Crippen molar-refractivity contribution < 1.29 is 9.59 Å². The second kappa shape index (κ2) is 8.32. The van der Waals surface area contributed by atoms with Crippen molar-refractivity contribution in [1.29, 1.82) is 0 Å². The maximum absolute atomic E-state index is 13.1. The lowest BCUT2D eigenvalue weighted by Crippen LogP contribution is -2.38. The fraction of sp³-hybridized carbons (Fsp3) is 0.286. The van der Waals surface area contributed by atoms with Gasteiger partial charge in [0, 0.05) is 25.6 Å². The molecule has 30 heavy (non-hydrogen) atoms. The van der Waals surface area contributed by atoms with Crippen LogP contribution in [-0.4, -0.2) is 49.8 Å². The van der Waals surface area contributed by atoms with Gasteiger partial charge < -0.3 is 10.2 Å². The Hall–Kier alpha value is -3.75. The first-order chi connectivity index (χ1) is 14.5. The molecule has 9 nitrogen and oxygen atoms in total. The average Bonchev–Trinajstić information content (AvgIpc) is 3.34. The van der Waals surface area contributed by atoms with E-state index in [1.54, 1.807) is 11.8 Å². The van der Waals surface area contributed by atoms with E-state index in [1.165, 1.54) is 23.0 Å². The van der Waals surface area contributed by atoms with Crippen LogP contribution in [0.2, 0.25) is 0 Å². The van der Waals surface area contributed by atoms with Crippen molar-refractivity contribution in [3.8, 4) is 5.82 Å². The number of nitrogens with one attached hydrogen (secondary N) is 2. The molecule has 2 aromatic heterocycles. The summed E-state index contributed by atoms with van der Waals surface area (Å²) in [5.41, 5.74) is 1.61. The highest BCUT2D eigenvalue weighted by Gasteiger charge is 2.26. The lowest BCUT2D eigenvalue weighted by molar-refractivity contribution is -0.128. The molecular formula is C21H22N6O3. The molecule has 0 radical (unpaired) electrons. The van der Waals surface area contributed by atoms with Gasteiger partial charge in [-0.2, -0.15) is 10.2 Å². The predicted molar refractivity (Wildman–Crippen MR) is 109 cm³/mol. The molecule has 1 fully saturated rings. The summed E-state index contributed by atoms with van der Waals surface area (Å²) in [7, 11) is 0. The Morgan fingerprint density at radius 1 is 1.20 bits per heavy atom. The molecule has 2 amide bonds. The SMILES string of the molecule is Cc1c(C(=O)N[C@H](CN2CCCC2=O)c2ccccc2)cnn1-c1ccc(=O)[nH]n1. The highest BCUT2D eigenvalue weighted by atomic mass is 16.2. The number of aromatic amines is 1. The van der Waals surface area contributed by atoms with Gasteiger partial charge >= 0.3 is 0 Å². The van der Waals surface area contributed by atoms with E-state index in [2.05, 4.69) is 20.6 Å². The van der Waals surface area contributed by atoms with Gasteiger partial charge in [0.2, 0.25) is 5.91 Å². The Labute approximate surface area is 172 Å². The molecule has 1 aliphatic heterocycles. The zero-order valence-electron chi connectivity index (χ0n) is 16.5. The molecule has 154 valence electrons. The fourth-order valence-electron chi connectivity index (χ4n) is 3.59. The number of nitrogens with zero attached hydrogens (tertiary/aromatic N) is 4. The van der Waals surface area contributed by atoms with Crippen molar-refractivity contribution in [2.24, 2.45) is 0 Å². The van der Waals surface area contributed by atoms with E-state index in [1.807, 2.05) is 30.3 Å². The molecule has 1 atom stereocenters. The van der Waals surface area contributed by atoms with Crippen LogP contribution in [0, 0.1) is 6.92 Å². The zero-order chi connectivity index (χ0) is 21.1. The quantitative estimate of drug-likeness (QED) is 0.642. The lowest BCUT2D eigenvalue weighted by Gasteiger charge is -2.25.